The van der Waals surface area contributed by atoms with Crippen LogP contribution in [-0.2, 0) is 0 Å². The van der Waals surface area contributed by atoms with Gasteiger partial charge >= 0.3 is 0 Å². The Morgan fingerprint density at radius 1 is 0.895 bits per heavy atom. The molecule has 19 heavy (non-hydrogen) atoms. The first-order chi connectivity index (χ1) is 9.13. The van der Waals surface area contributed by atoms with Gasteiger partial charge in [-0.1, -0.05) is 44.6 Å². The Morgan fingerprint density at radius 2 is 1.79 bits per heavy atom. The van der Waals surface area contributed by atoms with Crippen molar-refractivity contribution >= 4 is 0 Å². The number of rotatable bonds is 0. The number of fused-ring (bicyclic) bond motifs is 5. The second-order valence-electron chi connectivity index (χ2n) is 8.26. The zero-order valence-corrected chi connectivity index (χ0v) is 12.6. The van der Waals surface area contributed by atoms with Crippen molar-refractivity contribution in [2.45, 2.75) is 58.8 Å². The highest BCUT2D eigenvalue weighted by molar-refractivity contribution is 5.23. The van der Waals surface area contributed by atoms with Gasteiger partial charge in [0.15, 0.2) is 0 Å². The molecule has 0 unspecified atom stereocenters. The third-order valence-corrected chi connectivity index (χ3v) is 7.54. The van der Waals surface area contributed by atoms with Gasteiger partial charge in [0.05, 0.1) is 0 Å². The van der Waals surface area contributed by atoms with Crippen LogP contribution >= 0.6 is 0 Å². The summed E-state index contributed by atoms with van der Waals surface area (Å²) in [6.45, 7) is 5.16. The van der Waals surface area contributed by atoms with E-state index in [1.165, 1.54) is 44.9 Å². The van der Waals surface area contributed by atoms with Crippen LogP contribution in [0.1, 0.15) is 58.8 Å². The summed E-state index contributed by atoms with van der Waals surface area (Å²) in [5, 5.41) is 0. The van der Waals surface area contributed by atoms with Crippen molar-refractivity contribution in [1.29, 1.82) is 0 Å². The molecule has 0 aromatic carbocycles. The number of allylic oxidation sites excluding steroid dienone is 4. The fourth-order valence-electron chi connectivity index (χ4n) is 6.43. The van der Waals surface area contributed by atoms with E-state index >= 15 is 0 Å². The Kier molecular flexibility index (Phi) is 2.57. The molecular weight excluding hydrogens is 228 g/mol. The lowest BCUT2D eigenvalue weighted by Crippen LogP contribution is -2.50. The van der Waals surface area contributed by atoms with Gasteiger partial charge in [0.2, 0.25) is 0 Å². The minimum absolute atomic E-state index is 0.474. The fourth-order valence-corrected chi connectivity index (χ4v) is 6.43. The zero-order chi connectivity index (χ0) is 13.1. The van der Waals surface area contributed by atoms with Crippen molar-refractivity contribution in [3.05, 3.63) is 24.3 Å². The highest BCUT2D eigenvalue weighted by Gasteiger charge is 2.55. The van der Waals surface area contributed by atoms with Gasteiger partial charge in [-0.15, -0.1) is 0 Å². The van der Waals surface area contributed by atoms with Crippen molar-refractivity contribution in [2.24, 2.45) is 34.5 Å². The van der Waals surface area contributed by atoms with E-state index in [0.29, 0.717) is 10.8 Å². The van der Waals surface area contributed by atoms with Crippen molar-refractivity contribution in [1.82, 2.24) is 0 Å². The Hall–Kier alpha value is -0.520. The summed E-state index contributed by atoms with van der Waals surface area (Å²) >= 11 is 0. The summed E-state index contributed by atoms with van der Waals surface area (Å²) in [6, 6.07) is 0. The van der Waals surface area contributed by atoms with Gasteiger partial charge in [-0.3, -0.25) is 0 Å². The molecule has 6 atom stereocenters. The summed E-state index contributed by atoms with van der Waals surface area (Å²) < 4.78 is 0. The van der Waals surface area contributed by atoms with E-state index in [9.17, 15) is 0 Å². The Bertz CT molecular complexity index is 431. The topological polar surface area (TPSA) is 0 Å². The predicted octanol–water partition coefficient (Wildman–Crippen LogP) is 5.36. The number of hydrogen-bond donors (Lipinski definition) is 0. The van der Waals surface area contributed by atoms with Crippen LogP contribution in [0.25, 0.3) is 0 Å². The van der Waals surface area contributed by atoms with Crippen molar-refractivity contribution in [3.8, 4) is 0 Å². The van der Waals surface area contributed by atoms with Gasteiger partial charge in [-0.25, -0.2) is 0 Å². The predicted molar refractivity (Wildman–Crippen MR) is 80.8 cm³/mol. The van der Waals surface area contributed by atoms with Gasteiger partial charge in [0.1, 0.15) is 0 Å². The second kappa shape index (κ2) is 3.99. The first-order valence-corrected chi connectivity index (χ1v) is 8.49. The van der Waals surface area contributed by atoms with Crippen LogP contribution < -0.4 is 0 Å². The monoisotopic (exact) mass is 256 g/mol. The third-order valence-electron chi connectivity index (χ3n) is 7.54. The molecule has 0 nitrogen and oxygen atoms in total. The van der Waals surface area contributed by atoms with E-state index in [1.807, 2.05) is 0 Å². The van der Waals surface area contributed by atoms with Crippen LogP contribution in [-0.4, -0.2) is 0 Å². The number of hydrogen-bond acceptors (Lipinski definition) is 0. The van der Waals surface area contributed by atoms with E-state index in [0.717, 1.165) is 23.7 Å². The average molecular weight is 256 g/mol. The van der Waals surface area contributed by atoms with Crippen molar-refractivity contribution in [3.63, 3.8) is 0 Å². The molecule has 0 aliphatic heterocycles. The lowest BCUT2D eigenvalue weighted by atomic mass is 9.47. The van der Waals surface area contributed by atoms with Crippen LogP contribution in [0, 0.1) is 34.5 Å². The smallest absolute Gasteiger partial charge is 0.00496 e. The van der Waals surface area contributed by atoms with E-state index in [-0.39, 0.29) is 0 Å². The molecule has 3 fully saturated rings. The molecule has 4 aliphatic carbocycles. The van der Waals surface area contributed by atoms with E-state index in [1.54, 1.807) is 0 Å². The third kappa shape index (κ3) is 1.58. The highest BCUT2D eigenvalue weighted by Crippen LogP contribution is 2.64. The average Bonchev–Trinajstić information content (AvgIpc) is 2.79. The molecule has 104 valence electrons. The van der Waals surface area contributed by atoms with Gasteiger partial charge in [0, 0.05) is 0 Å². The van der Waals surface area contributed by atoms with Crippen LogP contribution in [0.5, 0.6) is 0 Å². The first-order valence-electron chi connectivity index (χ1n) is 8.49. The quantitative estimate of drug-likeness (QED) is 0.547. The normalized spacial score (nSPS) is 55.5. The molecule has 0 aromatic rings. The molecule has 0 heterocycles. The maximum Gasteiger partial charge on any atom is -0.00496 e. The molecule has 0 spiro atoms. The van der Waals surface area contributed by atoms with Crippen molar-refractivity contribution in [2.75, 3.05) is 0 Å². The summed E-state index contributed by atoms with van der Waals surface area (Å²) in [5.41, 5.74) is 1.18. The van der Waals surface area contributed by atoms with Crippen molar-refractivity contribution < 1.29 is 0 Å². The molecule has 0 heteroatoms. The van der Waals surface area contributed by atoms with E-state index in [4.69, 9.17) is 0 Å². The summed E-state index contributed by atoms with van der Waals surface area (Å²) in [4.78, 5) is 0. The van der Waals surface area contributed by atoms with Gasteiger partial charge in [-0.05, 0) is 73.0 Å². The molecule has 0 aromatic heterocycles. The summed E-state index contributed by atoms with van der Waals surface area (Å²) in [7, 11) is 0. The lowest BCUT2D eigenvalue weighted by molar-refractivity contribution is -0.0539. The molecule has 0 bridgehead atoms. The molecular formula is C19H28. The minimum atomic E-state index is 0.474. The molecule has 0 amide bonds. The summed E-state index contributed by atoms with van der Waals surface area (Å²) in [5.74, 6) is 3.86. The Labute approximate surface area is 118 Å². The van der Waals surface area contributed by atoms with Crippen LogP contribution in [0.15, 0.2) is 24.3 Å². The SMILES string of the molecule is C[C@@]12CCC[C@H]1[C@@H]1CC[C@H]3C=CC=C[C@]3(C)[C@H]1CC2. The largest absolute Gasteiger partial charge is 0.0806 e. The van der Waals surface area contributed by atoms with Gasteiger partial charge in [-0.2, -0.15) is 0 Å². The zero-order valence-electron chi connectivity index (χ0n) is 12.6. The maximum absolute atomic E-state index is 2.60. The first kappa shape index (κ1) is 12.2. The second-order valence-corrected chi connectivity index (χ2v) is 8.26. The van der Waals surface area contributed by atoms with Gasteiger partial charge in [0.25, 0.3) is 0 Å². The molecule has 0 radical (unpaired) electrons. The van der Waals surface area contributed by atoms with Gasteiger partial charge < -0.3 is 0 Å². The highest BCUT2D eigenvalue weighted by atomic mass is 14.6. The minimum Gasteiger partial charge on any atom is -0.0806 e. The molecule has 3 saturated carbocycles. The maximum atomic E-state index is 2.60. The molecule has 4 rings (SSSR count). The Balaban J connectivity index is 1.69. The molecule has 0 saturated heterocycles. The Morgan fingerprint density at radius 3 is 2.68 bits per heavy atom. The fraction of sp³-hybridized carbons (Fsp3) is 0.789. The van der Waals surface area contributed by atoms with E-state index < -0.39 is 0 Å². The standard InChI is InChI=1S/C19H28/c1-18-11-5-7-16(18)15-9-8-14-6-3-4-12-19(14,2)17(15)10-13-18/h3-4,6,12,14-17H,5,7-11,13H2,1-2H3/t14-,15+,16+,17+,18+,19+/m1/s1. The van der Waals surface area contributed by atoms with Crippen LogP contribution in [0.3, 0.4) is 0 Å². The lowest BCUT2D eigenvalue weighted by Gasteiger charge is -2.57. The summed E-state index contributed by atoms with van der Waals surface area (Å²) in [6.07, 6.45) is 20.1. The molecule has 0 N–H and O–H groups in total. The van der Waals surface area contributed by atoms with Crippen LogP contribution in [0.4, 0.5) is 0 Å². The van der Waals surface area contributed by atoms with E-state index in [2.05, 4.69) is 38.2 Å². The molecule has 4 aliphatic rings. The van der Waals surface area contributed by atoms with Crippen LogP contribution in [0.2, 0.25) is 0 Å².